The third-order valence-corrected chi connectivity index (χ3v) is 2.90. The smallest absolute Gasteiger partial charge is 0.306 e. The third-order valence-electron chi connectivity index (χ3n) is 2.16. The van der Waals surface area contributed by atoms with Crippen molar-refractivity contribution < 1.29 is 4.79 Å². The van der Waals surface area contributed by atoms with E-state index in [4.69, 9.17) is 23.2 Å². The van der Waals surface area contributed by atoms with Crippen molar-refractivity contribution in [2.24, 2.45) is 0 Å². The molecule has 1 N–H and O–H groups in total. The monoisotopic (exact) mass is 279 g/mol. The van der Waals surface area contributed by atoms with Gasteiger partial charge in [0.1, 0.15) is 0 Å². The lowest BCUT2D eigenvalue weighted by Gasteiger charge is -2.06. The average Bonchev–Trinajstić information content (AvgIpc) is 2.35. The van der Waals surface area contributed by atoms with Crippen LogP contribution >= 0.6 is 23.2 Å². The molecule has 0 spiro atoms. The quantitative estimate of drug-likeness (QED) is 0.867. The molecule has 0 unspecified atom stereocenters. The van der Waals surface area contributed by atoms with Gasteiger partial charge < -0.3 is 5.32 Å². The SMILES string of the molecule is O=C([N]c1ccccc1)Nc1ccc(Cl)c(Cl)c1. The molecule has 2 rings (SSSR count). The summed E-state index contributed by atoms with van der Waals surface area (Å²) in [5, 5.41) is 7.31. The molecule has 0 saturated heterocycles. The summed E-state index contributed by atoms with van der Waals surface area (Å²) in [5.74, 6) is 0. The van der Waals surface area contributed by atoms with Crippen LogP contribution in [0.5, 0.6) is 0 Å². The predicted octanol–water partition coefficient (Wildman–Crippen LogP) is 4.46. The first-order valence-electron chi connectivity index (χ1n) is 5.18. The molecule has 0 saturated carbocycles. The number of rotatable bonds is 2. The number of para-hydroxylation sites is 1. The Morgan fingerprint density at radius 1 is 1.00 bits per heavy atom. The zero-order valence-electron chi connectivity index (χ0n) is 9.23. The predicted molar refractivity (Wildman–Crippen MR) is 73.7 cm³/mol. The minimum Gasteiger partial charge on any atom is -0.306 e. The lowest BCUT2D eigenvalue weighted by Crippen LogP contribution is -2.18. The van der Waals surface area contributed by atoms with Crippen LogP contribution in [0.1, 0.15) is 0 Å². The summed E-state index contributed by atoms with van der Waals surface area (Å²) in [5.41, 5.74) is 1.14. The molecular formula is C13H9Cl2N2O. The number of anilines is 1. The molecule has 0 fully saturated rings. The first-order chi connectivity index (χ1) is 8.65. The Balaban J connectivity index is 2.01. The molecule has 2 amide bonds. The molecule has 5 heteroatoms. The number of carbonyl (C=O) groups excluding carboxylic acids is 1. The van der Waals surface area contributed by atoms with Gasteiger partial charge in [0.2, 0.25) is 0 Å². The molecule has 0 aliphatic rings. The fraction of sp³-hybridized carbons (Fsp3) is 0. The minimum atomic E-state index is -0.459. The van der Waals surface area contributed by atoms with Crippen molar-refractivity contribution in [2.75, 3.05) is 5.32 Å². The van der Waals surface area contributed by atoms with Crippen molar-refractivity contribution >= 4 is 40.6 Å². The van der Waals surface area contributed by atoms with Gasteiger partial charge in [-0.1, -0.05) is 41.4 Å². The average molecular weight is 280 g/mol. The molecule has 3 nitrogen and oxygen atoms in total. The molecule has 91 valence electrons. The van der Waals surface area contributed by atoms with E-state index < -0.39 is 6.03 Å². The van der Waals surface area contributed by atoms with Gasteiger partial charge in [0, 0.05) is 5.69 Å². The van der Waals surface area contributed by atoms with Gasteiger partial charge in [0.25, 0.3) is 0 Å². The fourth-order valence-electron chi connectivity index (χ4n) is 1.35. The molecule has 0 aliphatic carbocycles. The standard InChI is InChI=1S/C13H9Cl2N2O/c14-11-7-6-10(8-12(11)15)17-13(18)16-9-4-2-1-3-5-9/h1-8H,(H,17,18). The van der Waals surface area contributed by atoms with Crippen LogP contribution in [-0.2, 0) is 0 Å². The first-order valence-corrected chi connectivity index (χ1v) is 5.93. The van der Waals surface area contributed by atoms with E-state index in [1.54, 1.807) is 30.3 Å². The van der Waals surface area contributed by atoms with E-state index in [2.05, 4.69) is 10.6 Å². The highest BCUT2D eigenvalue weighted by atomic mass is 35.5. The highest BCUT2D eigenvalue weighted by Gasteiger charge is 2.06. The van der Waals surface area contributed by atoms with Crippen LogP contribution in [0.25, 0.3) is 0 Å². The number of hydrogen-bond acceptors (Lipinski definition) is 1. The zero-order chi connectivity index (χ0) is 13.0. The maximum absolute atomic E-state index is 11.6. The summed E-state index contributed by atoms with van der Waals surface area (Å²) >= 11 is 11.6. The number of amides is 2. The lowest BCUT2D eigenvalue weighted by molar-refractivity contribution is 0.255. The van der Waals surface area contributed by atoms with Crippen molar-refractivity contribution in [3.63, 3.8) is 0 Å². The van der Waals surface area contributed by atoms with Gasteiger partial charge >= 0.3 is 6.03 Å². The van der Waals surface area contributed by atoms with E-state index in [9.17, 15) is 4.79 Å². The Bertz CT molecular complexity index is 558. The van der Waals surface area contributed by atoms with Gasteiger partial charge in [0.05, 0.1) is 15.7 Å². The molecule has 2 aromatic carbocycles. The van der Waals surface area contributed by atoms with Crippen molar-refractivity contribution in [3.8, 4) is 0 Å². The van der Waals surface area contributed by atoms with Crippen LogP contribution in [0.4, 0.5) is 16.2 Å². The largest absolute Gasteiger partial charge is 0.345 e. The van der Waals surface area contributed by atoms with Gasteiger partial charge in [-0.2, -0.15) is 5.32 Å². The lowest BCUT2D eigenvalue weighted by atomic mass is 10.3. The minimum absolute atomic E-state index is 0.383. The van der Waals surface area contributed by atoms with Crippen LogP contribution in [0.15, 0.2) is 48.5 Å². The number of nitrogens with one attached hydrogen (secondary N) is 1. The van der Waals surface area contributed by atoms with E-state index in [-0.39, 0.29) is 0 Å². The number of benzene rings is 2. The summed E-state index contributed by atoms with van der Waals surface area (Å²) in [6, 6.07) is 13.4. The second kappa shape index (κ2) is 5.76. The molecule has 18 heavy (non-hydrogen) atoms. The Kier molecular flexibility index (Phi) is 4.07. The normalized spacial score (nSPS) is 9.89. The number of carbonyl (C=O) groups is 1. The number of halogens is 2. The van der Waals surface area contributed by atoms with Gasteiger partial charge in [-0.3, -0.25) is 0 Å². The summed E-state index contributed by atoms with van der Waals surface area (Å²) in [7, 11) is 0. The van der Waals surface area contributed by atoms with Crippen molar-refractivity contribution in [1.82, 2.24) is 5.32 Å². The molecule has 0 aliphatic heterocycles. The Hall–Kier alpha value is -1.71. The highest BCUT2D eigenvalue weighted by molar-refractivity contribution is 6.42. The third kappa shape index (κ3) is 3.39. The van der Waals surface area contributed by atoms with E-state index >= 15 is 0 Å². The Labute approximate surface area is 115 Å². The summed E-state index contributed by atoms with van der Waals surface area (Å²) in [6.07, 6.45) is 0. The highest BCUT2D eigenvalue weighted by Crippen LogP contribution is 2.25. The topological polar surface area (TPSA) is 43.2 Å². The van der Waals surface area contributed by atoms with Gasteiger partial charge in [-0.05, 0) is 30.3 Å². The summed E-state index contributed by atoms with van der Waals surface area (Å²) < 4.78 is 0. The van der Waals surface area contributed by atoms with E-state index in [0.29, 0.717) is 21.4 Å². The van der Waals surface area contributed by atoms with Crippen LogP contribution < -0.4 is 10.6 Å². The zero-order valence-corrected chi connectivity index (χ0v) is 10.7. The van der Waals surface area contributed by atoms with Crippen LogP contribution in [0, 0.1) is 0 Å². The van der Waals surface area contributed by atoms with Gasteiger partial charge in [-0.15, -0.1) is 0 Å². The van der Waals surface area contributed by atoms with Crippen LogP contribution in [-0.4, -0.2) is 6.03 Å². The maximum atomic E-state index is 11.6. The molecule has 0 atom stereocenters. The van der Waals surface area contributed by atoms with E-state index in [1.807, 2.05) is 18.2 Å². The van der Waals surface area contributed by atoms with Gasteiger partial charge in [0.15, 0.2) is 0 Å². The van der Waals surface area contributed by atoms with E-state index in [0.717, 1.165) is 0 Å². The maximum Gasteiger partial charge on any atom is 0.345 e. The molecule has 0 aromatic heterocycles. The molecular weight excluding hydrogens is 271 g/mol. The molecule has 2 aromatic rings. The van der Waals surface area contributed by atoms with Crippen LogP contribution in [0.3, 0.4) is 0 Å². The molecule has 0 heterocycles. The molecule has 0 bridgehead atoms. The fourth-order valence-corrected chi connectivity index (χ4v) is 1.64. The first kappa shape index (κ1) is 12.7. The number of hydrogen-bond donors (Lipinski definition) is 1. The number of nitrogens with zero attached hydrogens (tertiary/aromatic N) is 1. The van der Waals surface area contributed by atoms with Crippen molar-refractivity contribution in [1.29, 1.82) is 0 Å². The second-order valence-electron chi connectivity index (χ2n) is 3.51. The van der Waals surface area contributed by atoms with Crippen molar-refractivity contribution in [3.05, 3.63) is 58.6 Å². The Morgan fingerprint density at radius 3 is 2.39 bits per heavy atom. The summed E-state index contributed by atoms with van der Waals surface area (Å²) in [6.45, 7) is 0. The Morgan fingerprint density at radius 2 is 1.72 bits per heavy atom. The van der Waals surface area contributed by atoms with Gasteiger partial charge in [-0.25, -0.2) is 4.79 Å². The van der Waals surface area contributed by atoms with E-state index in [1.165, 1.54) is 0 Å². The van der Waals surface area contributed by atoms with Crippen LogP contribution in [0.2, 0.25) is 10.0 Å². The molecule has 1 radical (unpaired) electrons. The van der Waals surface area contributed by atoms with Crippen molar-refractivity contribution in [2.45, 2.75) is 0 Å². The second-order valence-corrected chi connectivity index (χ2v) is 4.32. The number of urea groups is 1. The summed E-state index contributed by atoms with van der Waals surface area (Å²) in [4.78, 5) is 11.6.